The number of nitrogens with zero attached hydrogens (tertiary/aromatic N) is 5. The van der Waals surface area contributed by atoms with Crippen LogP contribution in [0.3, 0.4) is 0 Å². The first-order valence-electron chi connectivity index (χ1n) is 13.3. The van der Waals surface area contributed by atoms with E-state index in [0.717, 1.165) is 37.8 Å². The maximum atomic E-state index is 13.4. The Morgan fingerprint density at radius 1 is 1.11 bits per heavy atom. The van der Waals surface area contributed by atoms with Gasteiger partial charge in [0.2, 0.25) is 11.8 Å². The fourth-order valence-corrected chi connectivity index (χ4v) is 4.59. The molecule has 3 amide bonds. The van der Waals surface area contributed by atoms with Crippen molar-refractivity contribution in [3.8, 4) is 5.75 Å². The summed E-state index contributed by atoms with van der Waals surface area (Å²) in [6, 6.07) is 8.58. The van der Waals surface area contributed by atoms with Gasteiger partial charge in [0.15, 0.2) is 0 Å². The number of unbranched alkanes of at least 4 members (excludes halogenated alkanes) is 1. The molecule has 37 heavy (non-hydrogen) atoms. The molecule has 1 aliphatic rings. The van der Waals surface area contributed by atoms with Crippen LogP contribution in [0.1, 0.15) is 61.0 Å². The number of amides is 3. The van der Waals surface area contributed by atoms with Gasteiger partial charge in [-0.2, -0.15) is 5.10 Å². The van der Waals surface area contributed by atoms with Crippen molar-refractivity contribution >= 4 is 17.7 Å². The quantitative estimate of drug-likeness (QED) is 0.507. The van der Waals surface area contributed by atoms with Crippen LogP contribution in [0.15, 0.2) is 36.5 Å². The first-order chi connectivity index (χ1) is 17.8. The largest absolute Gasteiger partial charge is 0.493 e. The van der Waals surface area contributed by atoms with Gasteiger partial charge >= 0.3 is 0 Å². The van der Waals surface area contributed by atoms with Crippen LogP contribution in [-0.2, 0) is 16.1 Å². The summed E-state index contributed by atoms with van der Waals surface area (Å²) in [5, 5.41) is 4.23. The number of hydrogen-bond donors (Lipinski definition) is 0. The van der Waals surface area contributed by atoms with Gasteiger partial charge in [-0.1, -0.05) is 12.1 Å². The fourth-order valence-electron chi connectivity index (χ4n) is 4.59. The maximum absolute atomic E-state index is 13.4. The second-order valence-corrected chi connectivity index (χ2v) is 9.85. The van der Waals surface area contributed by atoms with Crippen LogP contribution < -0.4 is 4.74 Å². The normalized spacial score (nSPS) is 17.4. The lowest BCUT2D eigenvalue weighted by molar-refractivity contribution is -0.135. The second-order valence-electron chi connectivity index (χ2n) is 9.85. The Hall–Kier alpha value is -3.36. The zero-order valence-electron chi connectivity index (χ0n) is 22.7. The van der Waals surface area contributed by atoms with E-state index in [9.17, 15) is 14.4 Å². The first-order valence-corrected chi connectivity index (χ1v) is 13.3. The third-order valence-corrected chi connectivity index (χ3v) is 7.08. The van der Waals surface area contributed by atoms with Crippen LogP contribution >= 0.6 is 0 Å². The van der Waals surface area contributed by atoms with Gasteiger partial charge in [-0.3, -0.25) is 19.1 Å². The maximum Gasteiger partial charge on any atom is 0.258 e. The average Bonchev–Trinajstić information content (AvgIpc) is 3.32. The van der Waals surface area contributed by atoms with Crippen molar-refractivity contribution < 1.29 is 19.1 Å². The molecular formula is C28H41N5O4. The van der Waals surface area contributed by atoms with E-state index in [2.05, 4.69) is 5.10 Å². The van der Waals surface area contributed by atoms with Crippen molar-refractivity contribution in [2.24, 2.45) is 0 Å². The van der Waals surface area contributed by atoms with Crippen molar-refractivity contribution in [1.29, 1.82) is 0 Å². The van der Waals surface area contributed by atoms with Gasteiger partial charge in [-0.15, -0.1) is 0 Å². The Morgan fingerprint density at radius 2 is 1.89 bits per heavy atom. The molecule has 0 unspecified atom stereocenters. The van der Waals surface area contributed by atoms with Crippen LogP contribution in [0, 0.1) is 6.92 Å². The number of aromatic nitrogens is 2. The fraction of sp³-hybridized carbons (Fsp3) is 0.571. The zero-order chi connectivity index (χ0) is 26.8. The highest BCUT2D eigenvalue weighted by Gasteiger charge is 2.31. The summed E-state index contributed by atoms with van der Waals surface area (Å²) < 4.78 is 7.75. The van der Waals surface area contributed by atoms with Crippen LogP contribution in [0.4, 0.5) is 0 Å². The molecule has 0 fully saturated rings. The predicted molar refractivity (Wildman–Crippen MR) is 142 cm³/mol. The van der Waals surface area contributed by atoms with Crippen LogP contribution in [0.5, 0.6) is 5.75 Å². The molecule has 0 spiro atoms. The van der Waals surface area contributed by atoms with E-state index in [1.165, 1.54) is 0 Å². The topological polar surface area (TPSA) is 88.0 Å². The predicted octanol–water partition coefficient (Wildman–Crippen LogP) is 3.37. The molecule has 3 rings (SSSR count). The van der Waals surface area contributed by atoms with E-state index < -0.39 is 6.04 Å². The first kappa shape index (κ1) is 28.2. The number of benzene rings is 1. The highest BCUT2D eigenvalue weighted by molar-refractivity contribution is 5.99. The zero-order valence-corrected chi connectivity index (χ0v) is 22.7. The van der Waals surface area contributed by atoms with Gasteiger partial charge in [0.05, 0.1) is 12.2 Å². The van der Waals surface area contributed by atoms with Gasteiger partial charge in [-0.25, -0.2) is 0 Å². The number of para-hydroxylation sites is 1. The lowest BCUT2D eigenvalue weighted by atomic mass is 10.0. The lowest BCUT2D eigenvalue weighted by Crippen LogP contribution is -2.48. The monoisotopic (exact) mass is 511 g/mol. The van der Waals surface area contributed by atoms with E-state index in [4.69, 9.17) is 4.74 Å². The summed E-state index contributed by atoms with van der Waals surface area (Å²) in [7, 11) is 5.32. The molecule has 0 N–H and O–H groups in total. The van der Waals surface area contributed by atoms with Crippen molar-refractivity contribution in [1.82, 2.24) is 24.5 Å². The summed E-state index contributed by atoms with van der Waals surface area (Å²) in [5.41, 5.74) is 1.51. The third kappa shape index (κ3) is 7.81. The van der Waals surface area contributed by atoms with E-state index in [-0.39, 0.29) is 17.7 Å². The minimum absolute atomic E-state index is 0.0486. The van der Waals surface area contributed by atoms with E-state index in [0.29, 0.717) is 50.4 Å². The number of likely N-dealkylation sites (N-methyl/N-ethyl adjacent to an activating group) is 2. The minimum atomic E-state index is -0.574. The molecule has 2 aromatic rings. The van der Waals surface area contributed by atoms with Crippen molar-refractivity contribution in [3.05, 3.63) is 47.8 Å². The number of carbonyl (C=O) groups is 3. The standard InChI is InChI=1S/C28H41N5O4/c1-22-15-17-29-33(22)20-16-26(34)30(2)18-10-8-13-24-28(36)31(3)19-9-5-11-21-37-25-14-7-6-12-23(25)27(35)32(24)4/h6-7,12,14-15,17,24H,5,8-11,13,16,18-21H2,1-4H3/t24-/m0/s1. The molecule has 9 nitrogen and oxygen atoms in total. The molecular weight excluding hydrogens is 470 g/mol. The molecule has 1 aliphatic heterocycles. The number of rotatable bonds is 8. The van der Waals surface area contributed by atoms with Crippen molar-refractivity contribution in [2.75, 3.05) is 40.8 Å². The van der Waals surface area contributed by atoms with E-state index >= 15 is 0 Å². The Balaban J connectivity index is 1.60. The molecule has 2 heterocycles. The molecule has 0 saturated carbocycles. The lowest BCUT2D eigenvalue weighted by Gasteiger charge is -2.31. The summed E-state index contributed by atoms with van der Waals surface area (Å²) in [6.45, 7) is 4.32. The summed E-state index contributed by atoms with van der Waals surface area (Å²) in [5.74, 6) is 0.357. The van der Waals surface area contributed by atoms with E-state index in [1.54, 1.807) is 34.0 Å². The molecule has 1 aromatic heterocycles. The molecule has 1 aromatic carbocycles. The number of fused-ring (bicyclic) bond motifs is 1. The number of hydrogen-bond acceptors (Lipinski definition) is 5. The van der Waals surface area contributed by atoms with Crippen LogP contribution in [0.25, 0.3) is 0 Å². The smallest absolute Gasteiger partial charge is 0.258 e. The molecule has 0 radical (unpaired) electrons. The number of carbonyl (C=O) groups excluding carboxylic acids is 3. The Kier molecular flexibility index (Phi) is 10.5. The van der Waals surface area contributed by atoms with Crippen LogP contribution in [-0.4, -0.2) is 89.1 Å². The van der Waals surface area contributed by atoms with Gasteiger partial charge in [-0.05, 0) is 63.6 Å². The Morgan fingerprint density at radius 3 is 2.65 bits per heavy atom. The molecule has 0 bridgehead atoms. The summed E-state index contributed by atoms with van der Waals surface area (Å²) in [6.07, 6.45) is 6.84. The summed E-state index contributed by atoms with van der Waals surface area (Å²) >= 11 is 0. The van der Waals surface area contributed by atoms with E-state index in [1.807, 2.05) is 50.0 Å². The van der Waals surface area contributed by atoms with Gasteiger partial charge < -0.3 is 19.4 Å². The third-order valence-electron chi connectivity index (χ3n) is 7.08. The van der Waals surface area contributed by atoms with Crippen molar-refractivity contribution in [3.63, 3.8) is 0 Å². The number of aryl methyl sites for hydroxylation is 2. The SMILES string of the molecule is Cc1ccnn1CCC(=O)N(C)CCCC[C@H]1C(=O)N(C)CCCCCOc2ccccc2C(=O)N1C. The average molecular weight is 512 g/mol. The Bertz CT molecular complexity index is 1050. The molecule has 0 aliphatic carbocycles. The second kappa shape index (κ2) is 13.8. The highest BCUT2D eigenvalue weighted by atomic mass is 16.5. The molecule has 9 heteroatoms. The molecule has 1 atom stereocenters. The summed E-state index contributed by atoms with van der Waals surface area (Å²) in [4.78, 5) is 44.4. The van der Waals surface area contributed by atoms with Gasteiger partial charge in [0.25, 0.3) is 5.91 Å². The van der Waals surface area contributed by atoms with Crippen LogP contribution in [0.2, 0.25) is 0 Å². The minimum Gasteiger partial charge on any atom is -0.493 e. The van der Waals surface area contributed by atoms with Gasteiger partial charge in [0.1, 0.15) is 11.8 Å². The Labute approximate surface area is 220 Å². The van der Waals surface area contributed by atoms with Gasteiger partial charge in [0, 0.05) is 59.1 Å². The number of ether oxygens (including phenoxy) is 1. The highest BCUT2D eigenvalue weighted by Crippen LogP contribution is 2.23. The molecule has 0 saturated heterocycles. The molecule has 202 valence electrons. The van der Waals surface area contributed by atoms with Crippen molar-refractivity contribution in [2.45, 2.75) is 64.5 Å².